The predicted molar refractivity (Wildman–Crippen MR) is 30.6 cm³/mol. The van der Waals surface area contributed by atoms with Gasteiger partial charge in [-0.15, -0.1) is 0 Å². The van der Waals surface area contributed by atoms with Gasteiger partial charge in [0.25, 0.3) is 0 Å². The highest BCUT2D eigenvalue weighted by atomic mass is 19.4. The fourth-order valence-corrected chi connectivity index (χ4v) is 0.407. The number of rotatable bonds is 2. The Kier molecular flexibility index (Phi) is 2.85. The van der Waals surface area contributed by atoms with Gasteiger partial charge in [-0.2, -0.15) is 13.2 Å². The van der Waals surface area contributed by atoms with Crippen molar-refractivity contribution in [1.82, 2.24) is 0 Å². The molecule has 0 amide bonds. The van der Waals surface area contributed by atoms with Crippen LogP contribution in [0.15, 0.2) is 0 Å². The van der Waals surface area contributed by atoms with Gasteiger partial charge in [0.15, 0.2) is 5.60 Å². The van der Waals surface area contributed by atoms with Crippen molar-refractivity contribution in [3.05, 3.63) is 0 Å². The smallest absolute Gasteiger partial charge is 0.378 e. The summed E-state index contributed by atoms with van der Waals surface area (Å²) in [6.45, 7) is -0.503. The van der Waals surface area contributed by atoms with Crippen molar-refractivity contribution in [2.24, 2.45) is 5.73 Å². The molecule has 0 aliphatic carbocycles. The fraction of sp³-hybridized carbons (Fsp3) is 1.00. The number of aliphatic hydroxyl groups is 1. The summed E-state index contributed by atoms with van der Waals surface area (Å²) in [7, 11) is 0. The third kappa shape index (κ3) is 2.03. The standard InChI is InChI=1S/C5H9F4NO/c1-4(11,3(6)2-10)5(7,8)9/h3,11H,2,10H2,1H3/t3-,4-/m1/s1. The van der Waals surface area contributed by atoms with E-state index in [1.165, 1.54) is 0 Å². The van der Waals surface area contributed by atoms with E-state index in [2.05, 4.69) is 5.73 Å². The lowest BCUT2D eigenvalue weighted by Crippen LogP contribution is -2.52. The Bertz CT molecular complexity index is 133. The summed E-state index contributed by atoms with van der Waals surface area (Å²) in [6, 6.07) is 0. The average molecular weight is 175 g/mol. The van der Waals surface area contributed by atoms with Gasteiger partial charge in [-0.05, 0) is 6.92 Å². The first kappa shape index (κ1) is 10.6. The van der Waals surface area contributed by atoms with Crippen molar-refractivity contribution in [1.29, 1.82) is 0 Å². The highest BCUT2D eigenvalue weighted by Gasteiger charge is 2.55. The Morgan fingerprint density at radius 2 is 1.82 bits per heavy atom. The van der Waals surface area contributed by atoms with Crippen LogP contribution in [0.4, 0.5) is 17.6 Å². The molecular formula is C5H9F4NO. The third-order valence-corrected chi connectivity index (χ3v) is 1.39. The molecule has 0 aromatic heterocycles. The number of hydrogen-bond acceptors (Lipinski definition) is 2. The Hall–Kier alpha value is -0.360. The van der Waals surface area contributed by atoms with E-state index in [0.717, 1.165) is 0 Å². The van der Waals surface area contributed by atoms with E-state index in [9.17, 15) is 17.6 Å². The molecule has 0 rings (SSSR count). The Labute approximate surface area is 61.0 Å². The van der Waals surface area contributed by atoms with Crippen LogP contribution in [0.1, 0.15) is 6.92 Å². The highest BCUT2D eigenvalue weighted by molar-refractivity contribution is 4.89. The third-order valence-electron chi connectivity index (χ3n) is 1.39. The summed E-state index contributed by atoms with van der Waals surface area (Å²) in [6.07, 6.45) is -7.46. The second-order valence-corrected chi connectivity index (χ2v) is 2.35. The van der Waals surface area contributed by atoms with Gasteiger partial charge in [0.2, 0.25) is 0 Å². The molecule has 68 valence electrons. The molecule has 0 heterocycles. The minimum atomic E-state index is -4.98. The van der Waals surface area contributed by atoms with Gasteiger partial charge in [-0.25, -0.2) is 4.39 Å². The van der Waals surface area contributed by atoms with E-state index in [4.69, 9.17) is 5.11 Å². The van der Waals surface area contributed by atoms with Gasteiger partial charge >= 0.3 is 6.18 Å². The molecule has 0 aromatic carbocycles. The molecule has 0 radical (unpaired) electrons. The van der Waals surface area contributed by atoms with Crippen molar-refractivity contribution in [3.8, 4) is 0 Å². The normalized spacial score (nSPS) is 21.0. The van der Waals surface area contributed by atoms with Crippen LogP contribution in [0.25, 0.3) is 0 Å². The Morgan fingerprint density at radius 3 is 1.91 bits per heavy atom. The molecule has 0 unspecified atom stereocenters. The van der Waals surface area contributed by atoms with Crippen LogP contribution in [0.5, 0.6) is 0 Å². The van der Waals surface area contributed by atoms with Crippen LogP contribution in [0.3, 0.4) is 0 Å². The predicted octanol–water partition coefficient (Wildman–Crippen LogP) is 0.597. The maximum atomic E-state index is 12.3. The van der Waals surface area contributed by atoms with E-state index in [1.807, 2.05) is 0 Å². The van der Waals surface area contributed by atoms with E-state index >= 15 is 0 Å². The number of alkyl halides is 4. The molecule has 0 saturated carbocycles. The summed E-state index contributed by atoms with van der Waals surface area (Å²) in [4.78, 5) is 0. The molecule has 0 aromatic rings. The maximum absolute atomic E-state index is 12.3. The molecular weight excluding hydrogens is 166 g/mol. The van der Waals surface area contributed by atoms with Crippen LogP contribution >= 0.6 is 0 Å². The second kappa shape index (κ2) is 2.94. The van der Waals surface area contributed by atoms with Gasteiger partial charge in [-0.3, -0.25) is 0 Å². The first-order valence-electron chi connectivity index (χ1n) is 2.86. The topological polar surface area (TPSA) is 46.2 Å². The Balaban J connectivity index is 4.45. The van der Waals surface area contributed by atoms with Crippen molar-refractivity contribution in [2.45, 2.75) is 24.9 Å². The van der Waals surface area contributed by atoms with E-state index in [-0.39, 0.29) is 0 Å². The molecule has 2 atom stereocenters. The van der Waals surface area contributed by atoms with Crippen molar-refractivity contribution < 1.29 is 22.7 Å². The Morgan fingerprint density at radius 1 is 1.45 bits per heavy atom. The monoisotopic (exact) mass is 175 g/mol. The lowest BCUT2D eigenvalue weighted by Gasteiger charge is -2.28. The summed E-state index contributed by atoms with van der Waals surface area (Å²) < 4.78 is 47.5. The van der Waals surface area contributed by atoms with Gasteiger partial charge in [0.05, 0.1) is 0 Å². The van der Waals surface area contributed by atoms with Crippen LogP contribution < -0.4 is 5.73 Å². The lowest BCUT2D eigenvalue weighted by atomic mass is 10.0. The largest absolute Gasteiger partial charge is 0.419 e. The van der Waals surface area contributed by atoms with Crippen LogP contribution in [-0.2, 0) is 0 Å². The summed E-state index contributed by atoms with van der Waals surface area (Å²) in [5, 5.41) is 8.54. The SMILES string of the molecule is C[C@@](O)([C@H](F)CN)C(F)(F)F. The van der Waals surface area contributed by atoms with Crippen LogP contribution in [0.2, 0.25) is 0 Å². The van der Waals surface area contributed by atoms with E-state index in [1.54, 1.807) is 0 Å². The van der Waals surface area contributed by atoms with Gasteiger partial charge in [-0.1, -0.05) is 0 Å². The number of halogens is 4. The first-order chi connectivity index (χ1) is 4.73. The number of nitrogens with two attached hydrogens (primary N) is 1. The van der Waals surface area contributed by atoms with Gasteiger partial charge < -0.3 is 10.8 Å². The second-order valence-electron chi connectivity index (χ2n) is 2.35. The zero-order valence-electron chi connectivity index (χ0n) is 5.82. The first-order valence-corrected chi connectivity index (χ1v) is 2.86. The molecule has 2 nitrogen and oxygen atoms in total. The molecule has 11 heavy (non-hydrogen) atoms. The average Bonchev–Trinajstić information content (AvgIpc) is 1.83. The molecule has 0 saturated heterocycles. The quantitative estimate of drug-likeness (QED) is 0.603. The molecule has 0 fully saturated rings. The fourth-order valence-electron chi connectivity index (χ4n) is 0.407. The molecule has 3 N–H and O–H groups in total. The summed E-state index contributed by atoms with van der Waals surface area (Å²) >= 11 is 0. The molecule has 0 aliphatic rings. The summed E-state index contributed by atoms with van der Waals surface area (Å²) in [5.41, 5.74) is 1.27. The minimum absolute atomic E-state index is 0.352. The van der Waals surface area contributed by atoms with E-state index < -0.39 is 24.5 Å². The zero-order valence-corrected chi connectivity index (χ0v) is 5.82. The molecule has 0 bridgehead atoms. The van der Waals surface area contributed by atoms with Gasteiger partial charge in [0, 0.05) is 6.54 Å². The zero-order chi connectivity index (χ0) is 9.28. The molecule has 0 aliphatic heterocycles. The molecule has 0 spiro atoms. The van der Waals surface area contributed by atoms with E-state index in [0.29, 0.717) is 6.92 Å². The molecule has 6 heteroatoms. The van der Waals surface area contributed by atoms with Gasteiger partial charge in [0.1, 0.15) is 6.17 Å². The number of hydrogen-bond donors (Lipinski definition) is 2. The lowest BCUT2D eigenvalue weighted by molar-refractivity contribution is -0.271. The highest BCUT2D eigenvalue weighted by Crippen LogP contribution is 2.33. The maximum Gasteiger partial charge on any atom is 0.419 e. The van der Waals surface area contributed by atoms with Crippen molar-refractivity contribution in [3.63, 3.8) is 0 Å². The van der Waals surface area contributed by atoms with Crippen LogP contribution in [0, 0.1) is 0 Å². The minimum Gasteiger partial charge on any atom is -0.378 e. The summed E-state index contributed by atoms with van der Waals surface area (Å²) in [5.74, 6) is 0. The van der Waals surface area contributed by atoms with Crippen molar-refractivity contribution in [2.75, 3.05) is 6.54 Å². The van der Waals surface area contributed by atoms with Crippen molar-refractivity contribution >= 4 is 0 Å². The van der Waals surface area contributed by atoms with Crippen LogP contribution in [-0.4, -0.2) is 29.6 Å².